The van der Waals surface area contributed by atoms with Gasteiger partial charge in [-0.05, 0) is 59.5 Å². The Balaban J connectivity index is 1.51. The predicted molar refractivity (Wildman–Crippen MR) is 122 cm³/mol. The van der Waals surface area contributed by atoms with Crippen LogP contribution < -0.4 is 0 Å². The average molecular weight is 409 g/mol. The molecule has 0 spiro atoms. The van der Waals surface area contributed by atoms with Gasteiger partial charge in [0.2, 0.25) is 11.8 Å². The molecule has 30 heavy (non-hydrogen) atoms. The molecule has 146 valence electrons. The van der Waals surface area contributed by atoms with Gasteiger partial charge in [0.05, 0.1) is 9.75 Å². The lowest BCUT2D eigenvalue weighted by Gasteiger charge is -2.18. The lowest BCUT2D eigenvalue weighted by molar-refractivity contribution is 0.582. The van der Waals surface area contributed by atoms with Crippen molar-refractivity contribution >= 4 is 11.3 Å². The first-order valence-corrected chi connectivity index (χ1v) is 10.4. The zero-order valence-electron chi connectivity index (χ0n) is 17.1. The molecule has 0 amide bonds. The van der Waals surface area contributed by atoms with E-state index in [1.807, 2.05) is 48.5 Å². The van der Waals surface area contributed by atoms with Gasteiger partial charge in [-0.1, -0.05) is 50.7 Å². The van der Waals surface area contributed by atoms with Gasteiger partial charge in [0.1, 0.15) is 0 Å². The van der Waals surface area contributed by atoms with Crippen molar-refractivity contribution in [3.05, 3.63) is 81.5 Å². The normalized spacial score (nSPS) is 10.9. The highest BCUT2D eigenvalue weighted by atomic mass is 32.1. The highest BCUT2D eigenvalue weighted by molar-refractivity contribution is 7.13. The van der Waals surface area contributed by atoms with Crippen LogP contribution in [0.1, 0.15) is 41.7 Å². The summed E-state index contributed by atoms with van der Waals surface area (Å²) in [6.07, 6.45) is 5.40. The summed E-state index contributed by atoms with van der Waals surface area (Å²) in [7, 11) is 0. The predicted octanol–water partition coefficient (Wildman–Crippen LogP) is 6.14. The van der Waals surface area contributed by atoms with E-state index in [1.165, 1.54) is 16.9 Å². The third-order valence-corrected chi connectivity index (χ3v) is 5.56. The Morgan fingerprint density at radius 3 is 1.87 bits per heavy atom. The molecule has 0 atom stereocenters. The second-order valence-electron chi connectivity index (χ2n) is 7.88. The van der Waals surface area contributed by atoms with Gasteiger partial charge in [0, 0.05) is 16.7 Å². The van der Waals surface area contributed by atoms with Gasteiger partial charge in [0.15, 0.2) is 0 Å². The maximum absolute atomic E-state index is 5.89. The minimum absolute atomic E-state index is 0.107. The fraction of sp³-hybridized carbons (Fsp3) is 0.154. The van der Waals surface area contributed by atoms with E-state index in [0.29, 0.717) is 11.8 Å². The Morgan fingerprint density at radius 2 is 1.33 bits per heavy atom. The molecule has 0 aliphatic carbocycles. The van der Waals surface area contributed by atoms with E-state index in [-0.39, 0.29) is 5.41 Å². The molecule has 0 fully saturated rings. The maximum atomic E-state index is 5.89. The van der Waals surface area contributed by atoms with Crippen molar-refractivity contribution in [1.29, 1.82) is 0 Å². The molecule has 4 rings (SSSR count). The number of benzene rings is 2. The molecule has 0 radical (unpaired) electrons. The summed E-state index contributed by atoms with van der Waals surface area (Å²) in [5.74, 6) is 9.91. The molecule has 0 aliphatic heterocycles. The Hall–Kier alpha value is -3.60. The number of hydrogen-bond acceptors (Lipinski definition) is 4. The minimum atomic E-state index is 0.107. The van der Waals surface area contributed by atoms with Crippen LogP contribution in [0.4, 0.5) is 0 Å². The first-order chi connectivity index (χ1) is 14.4. The van der Waals surface area contributed by atoms with Crippen LogP contribution >= 0.6 is 11.3 Å². The van der Waals surface area contributed by atoms with E-state index in [9.17, 15) is 0 Å². The first kappa shape index (κ1) is 19.7. The third-order valence-electron chi connectivity index (χ3n) is 4.63. The summed E-state index contributed by atoms with van der Waals surface area (Å²) < 4.78 is 5.89. The largest absolute Gasteiger partial charge is 0.416 e. The van der Waals surface area contributed by atoms with Crippen molar-refractivity contribution in [3.63, 3.8) is 0 Å². The summed E-state index contributed by atoms with van der Waals surface area (Å²) in [5, 5.41) is 8.40. The van der Waals surface area contributed by atoms with Gasteiger partial charge < -0.3 is 4.42 Å². The molecular formula is C26H20N2OS. The van der Waals surface area contributed by atoms with E-state index in [4.69, 9.17) is 10.8 Å². The van der Waals surface area contributed by atoms with E-state index >= 15 is 0 Å². The van der Waals surface area contributed by atoms with Gasteiger partial charge in [0.25, 0.3) is 0 Å². The topological polar surface area (TPSA) is 38.9 Å². The number of thiophene rings is 1. The van der Waals surface area contributed by atoms with Crippen molar-refractivity contribution in [1.82, 2.24) is 10.2 Å². The summed E-state index contributed by atoms with van der Waals surface area (Å²) >= 11 is 1.51. The van der Waals surface area contributed by atoms with Crippen molar-refractivity contribution in [2.24, 2.45) is 0 Å². The average Bonchev–Trinajstić information content (AvgIpc) is 3.42. The summed E-state index contributed by atoms with van der Waals surface area (Å²) in [6.45, 7) is 6.57. The molecule has 2 aromatic heterocycles. The second kappa shape index (κ2) is 8.03. The molecule has 2 aromatic carbocycles. The monoisotopic (exact) mass is 408 g/mol. The summed E-state index contributed by atoms with van der Waals surface area (Å²) in [4.78, 5) is 1.83. The number of terminal acetylenes is 1. The van der Waals surface area contributed by atoms with Crippen LogP contribution in [0, 0.1) is 24.2 Å². The van der Waals surface area contributed by atoms with Crippen LogP contribution in [0.25, 0.3) is 22.9 Å². The van der Waals surface area contributed by atoms with E-state index in [1.54, 1.807) is 0 Å². The number of aromatic nitrogens is 2. The molecule has 0 saturated heterocycles. The first-order valence-electron chi connectivity index (χ1n) is 9.56. The Kier molecular flexibility index (Phi) is 5.27. The Labute approximate surface area is 180 Å². The third kappa shape index (κ3) is 4.35. The molecule has 0 unspecified atom stereocenters. The highest BCUT2D eigenvalue weighted by Gasteiger charge is 2.15. The number of hydrogen-bond donors (Lipinski definition) is 0. The SMILES string of the molecule is C#Cc1ccc(C#Cc2ccc(-c3nnc(-c4ccc(C(C)(C)C)cc4)o3)cc2)s1. The summed E-state index contributed by atoms with van der Waals surface area (Å²) in [6, 6.07) is 19.9. The molecule has 0 saturated carbocycles. The quantitative estimate of drug-likeness (QED) is 0.374. The number of rotatable bonds is 2. The Morgan fingerprint density at radius 1 is 0.767 bits per heavy atom. The standard InChI is InChI=1S/C26H20N2OS/c1-5-22-16-17-23(30-22)15-8-18-6-9-19(10-7-18)24-27-28-25(29-24)20-11-13-21(14-12-20)26(2,3)4/h1,6-7,9-14,16-17H,2-4H3. The molecule has 4 aromatic rings. The van der Waals surface area contributed by atoms with Crippen molar-refractivity contribution in [2.75, 3.05) is 0 Å². The van der Waals surface area contributed by atoms with Crippen molar-refractivity contribution in [2.45, 2.75) is 26.2 Å². The highest BCUT2D eigenvalue weighted by Crippen LogP contribution is 2.27. The van der Waals surface area contributed by atoms with Gasteiger partial charge in [-0.2, -0.15) is 0 Å². The fourth-order valence-electron chi connectivity index (χ4n) is 2.88. The van der Waals surface area contributed by atoms with Gasteiger partial charge in [-0.15, -0.1) is 28.0 Å². The molecule has 0 N–H and O–H groups in total. The van der Waals surface area contributed by atoms with Gasteiger partial charge >= 0.3 is 0 Å². The second-order valence-corrected chi connectivity index (χ2v) is 8.96. The Bertz CT molecular complexity index is 1270. The van der Waals surface area contributed by atoms with Crippen LogP contribution in [0.5, 0.6) is 0 Å². The maximum Gasteiger partial charge on any atom is 0.248 e. The van der Waals surface area contributed by atoms with E-state index in [2.05, 4.69) is 60.9 Å². The lowest BCUT2D eigenvalue weighted by Crippen LogP contribution is -2.10. The summed E-state index contributed by atoms with van der Waals surface area (Å²) in [5.41, 5.74) is 4.05. The van der Waals surface area contributed by atoms with Crippen LogP contribution in [-0.4, -0.2) is 10.2 Å². The van der Waals surface area contributed by atoms with E-state index < -0.39 is 0 Å². The van der Waals surface area contributed by atoms with Crippen LogP contribution in [0.15, 0.2) is 65.1 Å². The lowest BCUT2D eigenvalue weighted by atomic mass is 9.87. The number of nitrogens with zero attached hydrogens (tertiary/aromatic N) is 2. The van der Waals surface area contributed by atoms with Crippen molar-refractivity contribution < 1.29 is 4.42 Å². The molecular weight excluding hydrogens is 388 g/mol. The molecule has 2 heterocycles. The zero-order chi connectivity index (χ0) is 21.1. The minimum Gasteiger partial charge on any atom is -0.416 e. The molecule has 4 heteroatoms. The smallest absolute Gasteiger partial charge is 0.248 e. The molecule has 3 nitrogen and oxygen atoms in total. The fourth-order valence-corrected chi connectivity index (χ4v) is 3.55. The van der Waals surface area contributed by atoms with Crippen LogP contribution in [0.2, 0.25) is 0 Å². The van der Waals surface area contributed by atoms with Gasteiger partial charge in [-0.25, -0.2) is 0 Å². The zero-order valence-corrected chi connectivity index (χ0v) is 17.9. The molecule has 0 aliphatic rings. The van der Waals surface area contributed by atoms with Crippen molar-refractivity contribution in [3.8, 4) is 47.1 Å². The van der Waals surface area contributed by atoms with E-state index in [0.717, 1.165) is 26.4 Å². The van der Waals surface area contributed by atoms with Gasteiger partial charge in [-0.3, -0.25) is 0 Å². The van der Waals surface area contributed by atoms with Crippen LogP contribution in [0.3, 0.4) is 0 Å². The molecule has 0 bridgehead atoms. The van der Waals surface area contributed by atoms with Crippen LogP contribution in [-0.2, 0) is 5.41 Å².